The lowest BCUT2D eigenvalue weighted by Crippen LogP contribution is -2.41. The van der Waals surface area contributed by atoms with Gasteiger partial charge in [0.15, 0.2) is 11.0 Å². The zero-order valence-corrected chi connectivity index (χ0v) is 10.8. The molecule has 6 heteroatoms. The van der Waals surface area contributed by atoms with E-state index in [0.29, 0.717) is 5.82 Å². The first-order valence-corrected chi connectivity index (χ1v) is 5.43. The molecule has 0 atom stereocenters. The molecule has 0 aliphatic heterocycles. The van der Waals surface area contributed by atoms with Crippen molar-refractivity contribution in [2.45, 2.75) is 32.7 Å². The minimum absolute atomic E-state index is 0.0526. The molecule has 0 aliphatic rings. The summed E-state index contributed by atoms with van der Waals surface area (Å²) in [6, 6.07) is 0. The molecule has 0 saturated carbocycles. The molecule has 0 unspecified atom stereocenters. The van der Waals surface area contributed by atoms with Crippen LogP contribution in [0.2, 0.25) is 10.4 Å². The van der Waals surface area contributed by atoms with E-state index < -0.39 is 0 Å². The van der Waals surface area contributed by atoms with Crippen LogP contribution in [0.25, 0.3) is 0 Å². The highest BCUT2D eigenvalue weighted by Gasteiger charge is 2.25. The molecule has 1 heterocycles. The molecule has 0 amide bonds. The molecular formula is C9H14Cl2N4. The standard InChI is InChI=1S/C9H14Cl2N4/c1-5-9(2,3)15(4)7-6(10)13-14-8(11)12-7/h5H2,1-4H3. The summed E-state index contributed by atoms with van der Waals surface area (Å²) in [5, 5.41) is 7.67. The second-order valence-corrected chi connectivity index (χ2v) is 4.62. The second kappa shape index (κ2) is 4.49. The fourth-order valence-electron chi connectivity index (χ4n) is 1.02. The molecule has 0 spiro atoms. The van der Waals surface area contributed by atoms with Gasteiger partial charge in [-0.2, -0.15) is 4.98 Å². The minimum Gasteiger partial charge on any atom is -0.352 e. The van der Waals surface area contributed by atoms with Gasteiger partial charge in [0.05, 0.1) is 0 Å². The third-order valence-electron chi connectivity index (χ3n) is 2.69. The summed E-state index contributed by atoms with van der Waals surface area (Å²) < 4.78 is 0. The van der Waals surface area contributed by atoms with Gasteiger partial charge in [0.25, 0.3) is 0 Å². The van der Waals surface area contributed by atoms with E-state index in [1.54, 1.807) is 0 Å². The van der Waals surface area contributed by atoms with E-state index in [0.717, 1.165) is 6.42 Å². The summed E-state index contributed by atoms with van der Waals surface area (Å²) in [4.78, 5) is 6.03. The number of halogens is 2. The fraction of sp³-hybridized carbons (Fsp3) is 0.667. The smallest absolute Gasteiger partial charge is 0.245 e. The van der Waals surface area contributed by atoms with Gasteiger partial charge in [0, 0.05) is 12.6 Å². The first-order valence-electron chi connectivity index (χ1n) is 4.68. The van der Waals surface area contributed by atoms with Crippen molar-refractivity contribution in [2.75, 3.05) is 11.9 Å². The van der Waals surface area contributed by atoms with Crippen molar-refractivity contribution in [1.82, 2.24) is 15.2 Å². The molecular weight excluding hydrogens is 235 g/mol. The highest BCUT2D eigenvalue weighted by Crippen LogP contribution is 2.28. The summed E-state index contributed by atoms with van der Waals surface area (Å²) in [6.07, 6.45) is 0.960. The SMILES string of the molecule is CCC(C)(C)N(C)c1nc(Cl)nnc1Cl. The Kier molecular flexibility index (Phi) is 3.73. The predicted molar refractivity (Wildman–Crippen MR) is 62.6 cm³/mol. The maximum atomic E-state index is 5.92. The molecule has 0 bridgehead atoms. The van der Waals surface area contributed by atoms with Crippen LogP contribution in [0.4, 0.5) is 5.82 Å². The third-order valence-corrected chi connectivity index (χ3v) is 3.10. The predicted octanol–water partition coefficient (Wildman–Crippen LogP) is 2.80. The van der Waals surface area contributed by atoms with Gasteiger partial charge < -0.3 is 4.90 Å². The molecule has 0 aliphatic carbocycles. The summed E-state index contributed by atoms with van der Waals surface area (Å²) in [6.45, 7) is 6.29. The lowest BCUT2D eigenvalue weighted by Gasteiger charge is -2.35. The Balaban J connectivity index is 3.10. The van der Waals surface area contributed by atoms with Gasteiger partial charge in [-0.25, -0.2) is 0 Å². The van der Waals surface area contributed by atoms with Crippen molar-refractivity contribution in [2.24, 2.45) is 0 Å². The minimum atomic E-state index is -0.0526. The Morgan fingerprint density at radius 2 is 1.87 bits per heavy atom. The average molecular weight is 249 g/mol. The normalized spacial score (nSPS) is 11.6. The topological polar surface area (TPSA) is 41.9 Å². The van der Waals surface area contributed by atoms with E-state index in [2.05, 4.69) is 36.0 Å². The van der Waals surface area contributed by atoms with Crippen LogP contribution in [-0.4, -0.2) is 27.8 Å². The second-order valence-electron chi connectivity index (χ2n) is 3.92. The Morgan fingerprint density at radius 3 is 2.40 bits per heavy atom. The average Bonchev–Trinajstić information content (AvgIpc) is 2.20. The summed E-state index contributed by atoms with van der Waals surface area (Å²) in [5.41, 5.74) is -0.0526. The number of aromatic nitrogens is 3. The molecule has 4 nitrogen and oxygen atoms in total. The first-order chi connectivity index (χ1) is 6.88. The fourth-order valence-corrected chi connectivity index (χ4v) is 1.35. The van der Waals surface area contributed by atoms with Crippen LogP contribution in [0.5, 0.6) is 0 Å². The third kappa shape index (κ3) is 2.69. The highest BCUT2D eigenvalue weighted by atomic mass is 35.5. The van der Waals surface area contributed by atoms with Crippen LogP contribution in [0.1, 0.15) is 27.2 Å². The lowest BCUT2D eigenvalue weighted by atomic mass is 10.0. The van der Waals surface area contributed by atoms with Crippen LogP contribution < -0.4 is 4.90 Å². The quantitative estimate of drug-likeness (QED) is 0.826. The van der Waals surface area contributed by atoms with Gasteiger partial charge >= 0.3 is 0 Å². The van der Waals surface area contributed by atoms with E-state index in [-0.39, 0.29) is 16.0 Å². The largest absolute Gasteiger partial charge is 0.352 e. The molecule has 0 N–H and O–H groups in total. The first kappa shape index (κ1) is 12.5. The van der Waals surface area contributed by atoms with Crippen molar-refractivity contribution in [3.8, 4) is 0 Å². The number of hydrogen-bond donors (Lipinski definition) is 0. The summed E-state index contributed by atoms with van der Waals surface area (Å²) >= 11 is 11.6. The van der Waals surface area contributed by atoms with Crippen molar-refractivity contribution >= 4 is 29.0 Å². The number of hydrogen-bond acceptors (Lipinski definition) is 4. The molecule has 84 valence electrons. The Labute approximate surface area is 99.6 Å². The maximum absolute atomic E-state index is 5.92. The van der Waals surface area contributed by atoms with Gasteiger partial charge in [0.1, 0.15) is 0 Å². The molecule has 0 aromatic carbocycles. The van der Waals surface area contributed by atoms with Gasteiger partial charge in [0.2, 0.25) is 5.28 Å². The highest BCUT2D eigenvalue weighted by molar-refractivity contribution is 6.32. The van der Waals surface area contributed by atoms with E-state index in [1.165, 1.54) is 0 Å². The molecule has 1 rings (SSSR count). The van der Waals surface area contributed by atoms with Crippen molar-refractivity contribution < 1.29 is 0 Å². The zero-order valence-electron chi connectivity index (χ0n) is 9.25. The van der Waals surface area contributed by atoms with Gasteiger partial charge in [-0.1, -0.05) is 18.5 Å². The molecule has 0 radical (unpaired) electrons. The lowest BCUT2D eigenvalue weighted by molar-refractivity contribution is 0.466. The Bertz CT molecular complexity index is 354. The van der Waals surface area contributed by atoms with Crippen LogP contribution in [-0.2, 0) is 0 Å². The molecule has 15 heavy (non-hydrogen) atoms. The van der Waals surface area contributed by atoms with Crippen molar-refractivity contribution in [3.63, 3.8) is 0 Å². The Hall–Kier alpha value is -0.610. The zero-order chi connectivity index (χ0) is 11.6. The van der Waals surface area contributed by atoms with Gasteiger partial charge in [-0.3, -0.25) is 0 Å². The number of nitrogens with zero attached hydrogens (tertiary/aromatic N) is 4. The monoisotopic (exact) mass is 248 g/mol. The van der Waals surface area contributed by atoms with E-state index in [9.17, 15) is 0 Å². The number of anilines is 1. The van der Waals surface area contributed by atoms with Gasteiger partial charge in [-0.05, 0) is 31.9 Å². The van der Waals surface area contributed by atoms with Crippen molar-refractivity contribution in [3.05, 3.63) is 10.4 Å². The Morgan fingerprint density at radius 1 is 1.27 bits per heavy atom. The summed E-state index contributed by atoms with van der Waals surface area (Å²) in [7, 11) is 1.91. The van der Waals surface area contributed by atoms with E-state index in [1.807, 2.05) is 11.9 Å². The molecule has 1 aromatic heterocycles. The number of rotatable bonds is 3. The van der Waals surface area contributed by atoms with E-state index >= 15 is 0 Å². The molecule has 0 fully saturated rings. The van der Waals surface area contributed by atoms with Crippen LogP contribution in [0.3, 0.4) is 0 Å². The van der Waals surface area contributed by atoms with E-state index in [4.69, 9.17) is 23.2 Å². The maximum Gasteiger partial charge on any atom is 0.245 e. The van der Waals surface area contributed by atoms with Crippen molar-refractivity contribution in [1.29, 1.82) is 0 Å². The van der Waals surface area contributed by atoms with Crippen LogP contribution in [0, 0.1) is 0 Å². The van der Waals surface area contributed by atoms with Crippen LogP contribution >= 0.6 is 23.2 Å². The molecule has 0 saturated heterocycles. The molecule has 1 aromatic rings. The van der Waals surface area contributed by atoms with Crippen LogP contribution in [0.15, 0.2) is 0 Å². The summed E-state index contributed by atoms with van der Waals surface area (Å²) in [5.74, 6) is 0.559. The van der Waals surface area contributed by atoms with Gasteiger partial charge in [-0.15, -0.1) is 10.2 Å².